The number of hydrogen-bond acceptors (Lipinski definition) is 5. The summed E-state index contributed by atoms with van der Waals surface area (Å²) in [6.45, 7) is 3.30. The molecule has 0 spiro atoms. The predicted octanol–water partition coefficient (Wildman–Crippen LogP) is 5.90. The fourth-order valence-electron chi connectivity index (χ4n) is 5.19. The third kappa shape index (κ3) is 6.22. The van der Waals surface area contributed by atoms with Gasteiger partial charge in [0.05, 0.1) is 18.4 Å². The minimum absolute atomic E-state index is 0.186. The molecule has 1 unspecified atom stereocenters. The molecule has 1 aliphatic heterocycles. The van der Waals surface area contributed by atoms with Crippen LogP contribution < -0.4 is 15.0 Å². The number of nitrogens with zero attached hydrogens (tertiary/aromatic N) is 2. The summed E-state index contributed by atoms with van der Waals surface area (Å²) in [6, 6.07) is 25.2. The molecule has 0 bridgehead atoms. The van der Waals surface area contributed by atoms with Crippen LogP contribution >= 0.6 is 0 Å². The van der Waals surface area contributed by atoms with Crippen LogP contribution in [0.4, 0.5) is 15.8 Å². The summed E-state index contributed by atoms with van der Waals surface area (Å²) in [5, 5.41) is 2.87. The lowest BCUT2D eigenvalue weighted by molar-refractivity contribution is -0.139. The minimum Gasteiger partial charge on any atom is -0.497 e. The number of halogens is 1. The van der Waals surface area contributed by atoms with Crippen molar-refractivity contribution in [2.45, 2.75) is 32.4 Å². The van der Waals surface area contributed by atoms with Crippen molar-refractivity contribution >= 4 is 34.9 Å². The Morgan fingerprint density at radius 2 is 1.50 bits per heavy atom. The van der Waals surface area contributed by atoms with E-state index >= 15 is 0 Å². The number of hydrogen-bond donors (Lipinski definition) is 1. The molecule has 44 heavy (non-hydrogen) atoms. The predicted molar refractivity (Wildman–Crippen MR) is 165 cm³/mol. The SMILES string of the molecule is COc1ccc(NC(=O)C(c2ccc(C(C)C)cc2)N(Cc2ccccc2F)C(=O)CN2C(=O)C(=O)c3ccccc32)cc1. The number of rotatable bonds is 10. The fourth-order valence-corrected chi connectivity index (χ4v) is 5.19. The summed E-state index contributed by atoms with van der Waals surface area (Å²) in [7, 11) is 1.54. The second-order valence-corrected chi connectivity index (χ2v) is 10.8. The van der Waals surface area contributed by atoms with Crippen LogP contribution in [0.2, 0.25) is 0 Å². The van der Waals surface area contributed by atoms with Crippen LogP contribution in [0.15, 0.2) is 97.1 Å². The number of Topliss-reactive ketones (excluding diaryl/α,β-unsaturated/α-hetero) is 1. The standard InChI is InChI=1S/C35H32FN3O5/c1-22(2)23-12-14-24(15-13-23)32(34(42)37-26-16-18-27(44-3)19-17-26)39(20-25-8-4-6-10-29(25)36)31(40)21-38-30-11-7-5-9-28(30)33(41)35(38)43/h4-19,22,32H,20-21H2,1-3H3,(H,37,42). The van der Waals surface area contributed by atoms with Gasteiger partial charge in [-0.2, -0.15) is 0 Å². The number of anilines is 2. The largest absolute Gasteiger partial charge is 0.497 e. The highest BCUT2D eigenvalue weighted by Crippen LogP contribution is 2.31. The number of carbonyl (C=O) groups is 4. The Morgan fingerprint density at radius 1 is 0.864 bits per heavy atom. The monoisotopic (exact) mass is 593 g/mol. The molecule has 0 aromatic heterocycles. The lowest BCUT2D eigenvalue weighted by Gasteiger charge is -2.33. The first kappa shape index (κ1) is 30.2. The van der Waals surface area contributed by atoms with Crippen molar-refractivity contribution in [2.24, 2.45) is 0 Å². The smallest absolute Gasteiger partial charge is 0.299 e. The first-order valence-electron chi connectivity index (χ1n) is 14.2. The van der Waals surface area contributed by atoms with Gasteiger partial charge in [0.15, 0.2) is 0 Å². The molecule has 4 aromatic rings. The fraction of sp³-hybridized carbons (Fsp3) is 0.200. The number of benzene rings is 4. The number of fused-ring (bicyclic) bond motifs is 1. The van der Waals surface area contributed by atoms with E-state index in [0.29, 0.717) is 22.7 Å². The Hall–Kier alpha value is -5.31. The molecular weight excluding hydrogens is 561 g/mol. The van der Waals surface area contributed by atoms with Crippen molar-refractivity contribution in [1.29, 1.82) is 0 Å². The molecule has 0 saturated carbocycles. The summed E-state index contributed by atoms with van der Waals surface area (Å²) in [6.07, 6.45) is 0. The molecule has 0 fully saturated rings. The lowest BCUT2D eigenvalue weighted by Crippen LogP contribution is -2.46. The van der Waals surface area contributed by atoms with E-state index in [4.69, 9.17) is 4.74 Å². The van der Waals surface area contributed by atoms with E-state index in [0.717, 1.165) is 10.5 Å². The first-order valence-corrected chi connectivity index (χ1v) is 14.2. The van der Waals surface area contributed by atoms with Crippen molar-refractivity contribution in [1.82, 2.24) is 4.90 Å². The average molecular weight is 594 g/mol. The van der Waals surface area contributed by atoms with Gasteiger partial charge in [-0.05, 0) is 59.5 Å². The van der Waals surface area contributed by atoms with E-state index in [9.17, 15) is 23.6 Å². The molecule has 9 heteroatoms. The van der Waals surface area contributed by atoms with E-state index in [1.165, 1.54) is 36.3 Å². The van der Waals surface area contributed by atoms with Crippen LogP contribution in [-0.4, -0.2) is 42.1 Å². The van der Waals surface area contributed by atoms with Crippen LogP contribution in [0.1, 0.15) is 52.9 Å². The topological polar surface area (TPSA) is 96.0 Å². The quantitative estimate of drug-likeness (QED) is 0.231. The summed E-state index contributed by atoms with van der Waals surface area (Å²) in [4.78, 5) is 56.3. The van der Waals surface area contributed by atoms with Gasteiger partial charge < -0.3 is 15.0 Å². The van der Waals surface area contributed by atoms with Crippen LogP contribution in [0.25, 0.3) is 0 Å². The molecular formula is C35H32FN3O5. The molecule has 0 aliphatic carbocycles. The highest BCUT2D eigenvalue weighted by atomic mass is 19.1. The van der Waals surface area contributed by atoms with Crippen LogP contribution in [0, 0.1) is 5.82 Å². The number of para-hydroxylation sites is 1. The van der Waals surface area contributed by atoms with E-state index in [-0.39, 0.29) is 23.6 Å². The Bertz CT molecular complexity index is 1700. The molecule has 5 rings (SSSR count). The van der Waals surface area contributed by atoms with Crippen molar-refractivity contribution in [2.75, 3.05) is 23.9 Å². The number of amides is 3. The summed E-state index contributed by atoms with van der Waals surface area (Å²) in [5.74, 6) is -2.46. The van der Waals surface area contributed by atoms with Gasteiger partial charge in [0.2, 0.25) is 5.91 Å². The van der Waals surface area contributed by atoms with Crippen LogP contribution in [0.3, 0.4) is 0 Å². The van der Waals surface area contributed by atoms with Crippen molar-refractivity contribution in [3.63, 3.8) is 0 Å². The van der Waals surface area contributed by atoms with E-state index in [2.05, 4.69) is 5.32 Å². The van der Waals surface area contributed by atoms with Gasteiger partial charge in [-0.15, -0.1) is 0 Å². The second-order valence-electron chi connectivity index (χ2n) is 10.8. The normalized spacial score (nSPS) is 13.1. The van der Waals surface area contributed by atoms with Gasteiger partial charge in [-0.3, -0.25) is 24.1 Å². The molecule has 0 saturated heterocycles. The summed E-state index contributed by atoms with van der Waals surface area (Å²) in [5.41, 5.74) is 2.69. The second kappa shape index (κ2) is 12.9. The minimum atomic E-state index is -1.21. The van der Waals surface area contributed by atoms with Gasteiger partial charge in [-0.25, -0.2) is 4.39 Å². The lowest BCUT2D eigenvalue weighted by atomic mass is 9.97. The van der Waals surface area contributed by atoms with Crippen molar-refractivity contribution < 1.29 is 28.3 Å². The Labute approximate surface area is 255 Å². The Balaban J connectivity index is 1.57. The third-order valence-electron chi connectivity index (χ3n) is 7.63. The molecule has 1 aliphatic rings. The molecule has 8 nitrogen and oxygen atoms in total. The van der Waals surface area contributed by atoms with Crippen molar-refractivity contribution in [3.8, 4) is 5.75 Å². The molecule has 224 valence electrons. The maximum Gasteiger partial charge on any atom is 0.299 e. The van der Waals surface area contributed by atoms with Gasteiger partial charge >= 0.3 is 0 Å². The van der Waals surface area contributed by atoms with Crippen LogP contribution in [-0.2, 0) is 20.9 Å². The van der Waals surface area contributed by atoms with E-state index in [1.54, 1.807) is 60.7 Å². The molecule has 3 amide bonds. The molecule has 0 radical (unpaired) electrons. The zero-order valence-electron chi connectivity index (χ0n) is 24.6. The number of carbonyl (C=O) groups excluding carboxylic acids is 4. The Morgan fingerprint density at radius 3 is 2.16 bits per heavy atom. The molecule has 1 N–H and O–H groups in total. The Kier molecular flexibility index (Phi) is 8.85. The van der Waals surface area contributed by atoms with Crippen LogP contribution in [0.5, 0.6) is 5.75 Å². The molecule has 4 aromatic carbocycles. The highest BCUT2D eigenvalue weighted by Gasteiger charge is 2.39. The molecule has 1 heterocycles. The summed E-state index contributed by atoms with van der Waals surface area (Å²) < 4.78 is 20.2. The van der Waals surface area contributed by atoms with E-state index in [1.807, 2.05) is 26.0 Å². The first-order chi connectivity index (χ1) is 21.2. The summed E-state index contributed by atoms with van der Waals surface area (Å²) >= 11 is 0. The van der Waals surface area contributed by atoms with Gasteiger partial charge in [0, 0.05) is 17.8 Å². The van der Waals surface area contributed by atoms with Gasteiger partial charge in [0.25, 0.3) is 17.6 Å². The van der Waals surface area contributed by atoms with Gasteiger partial charge in [-0.1, -0.05) is 68.4 Å². The maximum absolute atomic E-state index is 15.0. The number of ether oxygens (including phenoxy) is 1. The third-order valence-corrected chi connectivity index (χ3v) is 7.63. The van der Waals surface area contributed by atoms with Gasteiger partial charge in [0.1, 0.15) is 24.2 Å². The maximum atomic E-state index is 15.0. The number of ketones is 1. The number of methoxy groups -OCH3 is 1. The zero-order chi connectivity index (χ0) is 31.4. The average Bonchev–Trinajstić information content (AvgIpc) is 3.27. The molecule has 1 atom stereocenters. The van der Waals surface area contributed by atoms with Crippen molar-refractivity contribution in [3.05, 3.63) is 125 Å². The number of nitrogens with one attached hydrogen (secondary N) is 1. The van der Waals surface area contributed by atoms with E-state index < -0.39 is 41.9 Å². The zero-order valence-corrected chi connectivity index (χ0v) is 24.6. The highest BCUT2D eigenvalue weighted by molar-refractivity contribution is 6.52.